The van der Waals surface area contributed by atoms with Crippen LogP contribution in [0.5, 0.6) is 0 Å². The number of carbonyl (C=O) groups excluding carboxylic acids is 1. The number of hydrogen-bond acceptors (Lipinski definition) is 3. The van der Waals surface area contributed by atoms with Crippen molar-refractivity contribution in [1.29, 1.82) is 5.26 Å². The molecule has 0 saturated heterocycles. The maximum absolute atomic E-state index is 12.1. The molecule has 1 aromatic carbocycles. The molecule has 0 aromatic heterocycles. The summed E-state index contributed by atoms with van der Waals surface area (Å²) in [6, 6.07) is 9.19. The minimum absolute atomic E-state index is 0.0897. The number of ether oxygens (including phenoxy) is 1. The standard InChI is InChI=1S/C15H20N2O2/c1-3-17(9-10-19-4-2)15(18)11-13-5-7-14(12-16)8-6-13/h5-8H,3-4,9-11H2,1-2H3. The highest BCUT2D eigenvalue weighted by Gasteiger charge is 2.11. The van der Waals surface area contributed by atoms with Crippen LogP contribution < -0.4 is 0 Å². The zero-order valence-electron chi connectivity index (χ0n) is 11.6. The van der Waals surface area contributed by atoms with Crippen LogP contribution in [0.1, 0.15) is 25.0 Å². The summed E-state index contributed by atoms with van der Waals surface area (Å²) in [6.07, 6.45) is 0.367. The van der Waals surface area contributed by atoms with Crippen molar-refractivity contribution in [1.82, 2.24) is 4.90 Å². The number of nitrogens with zero attached hydrogens (tertiary/aromatic N) is 2. The van der Waals surface area contributed by atoms with Gasteiger partial charge in [0.1, 0.15) is 0 Å². The van der Waals surface area contributed by atoms with Gasteiger partial charge in [-0.1, -0.05) is 12.1 Å². The van der Waals surface area contributed by atoms with Crippen LogP contribution in [0.4, 0.5) is 0 Å². The lowest BCUT2D eigenvalue weighted by Gasteiger charge is -2.20. The Balaban J connectivity index is 2.53. The fraction of sp³-hybridized carbons (Fsp3) is 0.467. The van der Waals surface area contributed by atoms with Crippen LogP contribution in [0.25, 0.3) is 0 Å². The van der Waals surface area contributed by atoms with Crippen molar-refractivity contribution in [2.45, 2.75) is 20.3 Å². The molecule has 0 saturated carbocycles. The van der Waals surface area contributed by atoms with Crippen LogP contribution in [0, 0.1) is 11.3 Å². The van der Waals surface area contributed by atoms with Gasteiger partial charge in [0.2, 0.25) is 5.91 Å². The van der Waals surface area contributed by atoms with Crippen LogP contribution in [-0.2, 0) is 16.0 Å². The lowest BCUT2D eigenvalue weighted by molar-refractivity contribution is -0.131. The molecule has 0 spiro atoms. The first kappa shape index (κ1) is 15.2. The fourth-order valence-corrected chi connectivity index (χ4v) is 1.76. The predicted octanol–water partition coefficient (Wildman–Crippen LogP) is 1.99. The minimum atomic E-state index is 0.0897. The maximum atomic E-state index is 12.1. The van der Waals surface area contributed by atoms with Gasteiger partial charge < -0.3 is 9.64 Å². The molecule has 0 unspecified atom stereocenters. The fourth-order valence-electron chi connectivity index (χ4n) is 1.76. The van der Waals surface area contributed by atoms with Crippen molar-refractivity contribution < 1.29 is 9.53 Å². The Kier molecular flexibility index (Phi) is 6.62. The summed E-state index contributed by atoms with van der Waals surface area (Å²) >= 11 is 0. The van der Waals surface area contributed by atoms with E-state index in [2.05, 4.69) is 6.07 Å². The van der Waals surface area contributed by atoms with Crippen molar-refractivity contribution in [3.63, 3.8) is 0 Å². The SMILES string of the molecule is CCOCCN(CC)C(=O)Cc1ccc(C#N)cc1. The molecular weight excluding hydrogens is 240 g/mol. The summed E-state index contributed by atoms with van der Waals surface area (Å²) in [7, 11) is 0. The molecule has 4 nitrogen and oxygen atoms in total. The molecule has 0 bridgehead atoms. The maximum Gasteiger partial charge on any atom is 0.227 e. The smallest absolute Gasteiger partial charge is 0.227 e. The zero-order valence-corrected chi connectivity index (χ0v) is 11.6. The second-order valence-corrected chi connectivity index (χ2v) is 4.16. The third kappa shape index (κ3) is 5.11. The molecule has 0 aliphatic rings. The van der Waals surface area contributed by atoms with Gasteiger partial charge in [0.15, 0.2) is 0 Å². The summed E-state index contributed by atoms with van der Waals surface area (Å²) in [5.74, 6) is 0.0897. The van der Waals surface area contributed by atoms with E-state index in [1.165, 1.54) is 0 Å². The van der Waals surface area contributed by atoms with Crippen molar-refractivity contribution in [2.24, 2.45) is 0 Å². The van der Waals surface area contributed by atoms with Gasteiger partial charge in [-0.05, 0) is 31.5 Å². The molecule has 0 radical (unpaired) electrons. The lowest BCUT2D eigenvalue weighted by Crippen LogP contribution is -2.35. The van der Waals surface area contributed by atoms with Gasteiger partial charge in [-0.25, -0.2) is 0 Å². The first-order chi connectivity index (χ1) is 9.21. The number of rotatable bonds is 7. The second kappa shape index (κ2) is 8.28. The van der Waals surface area contributed by atoms with E-state index in [1.54, 1.807) is 17.0 Å². The summed E-state index contributed by atoms with van der Waals surface area (Å²) in [6.45, 7) is 6.45. The molecule has 0 aliphatic heterocycles. The second-order valence-electron chi connectivity index (χ2n) is 4.16. The molecular formula is C15H20N2O2. The molecule has 102 valence electrons. The molecule has 1 amide bonds. The van der Waals surface area contributed by atoms with Gasteiger partial charge >= 0.3 is 0 Å². The van der Waals surface area contributed by atoms with E-state index in [0.717, 1.165) is 5.56 Å². The van der Waals surface area contributed by atoms with Crippen molar-refractivity contribution in [3.8, 4) is 6.07 Å². The predicted molar refractivity (Wildman–Crippen MR) is 73.6 cm³/mol. The van der Waals surface area contributed by atoms with Gasteiger partial charge in [-0.3, -0.25) is 4.79 Å². The van der Waals surface area contributed by atoms with Gasteiger partial charge in [-0.2, -0.15) is 5.26 Å². The average Bonchev–Trinajstić information content (AvgIpc) is 2.44. The number of benzene rings is 1. The third-order valence-electron chi connectivity index (χ3n) is 2.88. The molecule has 4 heteroatoms. The molecule has 19 heavy (non-hydrogen) atoms. The Morgan fingerprint density at radius 1 is 1.32 bits per heavy atom. The lowest BCUT2D eigenvalue weighted by atomic mass is 10.1. The highest BCUT2D eigenvalue weighted by molar-refractivity contribution is 5.78. The largest absolute Gasteiger partial charge is 0.380 e. The Morgan fingerprint density at radius 2 is 2.00 bits per heavy atom. The van der Waals surface area contributed by atoms with Crippen molar-refractivity contribution in [3.05, 3.63) is 35.4 Å². The van der Waals surface area contributed by atoms with E-state index in [-0.39, 0.29) is 5.91 Å². The average molecular weight is 260 g/mol. The van der Waals surface area contributed by atoms with Gasteiger partial charge in [0.05, 0.1) is 24.7 Å². The van der Waals surface area contributed by atoms with E-state index < -0.39 is 0 Å². The number of likely N-dealkylation sites (N-methyl/N-ethyl adjacent to an activating group) is 1. The van der Waals surface area contributed by atoms with Crippen LogP contribution in [0.2, 0.25) is 0 Å². The molecule has 0 fully saturated rings. The Hall–Kier alpha value is -1.86. The van der Waals surface area contributed by atoms with Crippen molar-refractivity contribution >= 4 is 5.91 Å². The Bertz CT molecular complexity index is 434. The molecule has 0 heterocycles. The van der Waals surface area contributed by atoms with Gasteiger partial charge in [-0.15, -0.1) is 0 Å². The molecule has 1 rings (SSSR count). The van der Waals surface area contributed by atoms with Gasteiger partial charge in [0.25, 0.3) is 0 Å². The quantitative estimate of drug-likeness (QED) is 0.704. The van der Waals surface area contributed by atoms with Crippen LogP contribution in [0.3, 0.4) is 0 Å². The summed E-state index contributed by atoms with van der Waals surface area (Å²) < 4.78 is 5.27. The van der Waals surface area contributed by atoms with E-state index in [0.29, 0.717) is 38.3 Å². The Labute approximate surface area is 114 Å². The monoisotopic (exact) mass is 260 g/mol. The summed E-state index contributed by atoms with van der Waals surface area (Å²) in [4.78, 5) is 13.9. The van der Waals surface area contributed by atoms with Crippen LogP contribution in [0.15, 0.2) is 24.3 Å². The summed E-state index contributed by atoms with van der Waals surface area (Å²) in [5.41, 5.74) is 1.54. The highest BCUT2D eigenvalue weighted by Crippen LogP contribution is 2.06. The number of amides is 1. The third-order valence-corrected chi connectivity index (χ3v) is 2.88. The van der Waals surface area contributed by atoms with Crippen LogP contribution in [-0.4, -0.2) is 37.1 Å². The normalized spacial score (nSPS) is 9.95. The minimum Gasteiger partial charge on any atom is -0.380 e. The number of hydrogen-bond donors (Lipinski definition) is 0. The van der Waals surface area contributed by atoms with E-state index >= 15 is 0 Å². The van der Waals surface area contributed by atoms with Gasteiger partial charge in [0, 0.05) is 19.7 Å². The highest BCUT2D eigenvalue weighted by atomic mass is 16.5. The topological polar surface area (TPSA) is 53.3 Å². The summed E-state index contributed by atoms with van der Waals surface area (Å²) in [5, 5.41) is 8.72. The van der Waals surface area contributed by atoms with Crippen molar-refractivity contribution in [2.75, 3.05) is 26.3 Å². The first-order valence-corrected chi connectivity index (χ1v) is 6.55. The van der Waals surface area contributed by atoms with E-state index in [1.807, 2.05) is 26.0 Å². The molecule has 0 atom stereocenters. The molecule has 0 N–H and O–H groups in total. The van der Waals surface area contributed by atoms with Crippen LogP contribution >= 0.6 is 0 Å². The van der Waals surface area contributed by atoms with E-state index in [9.17, 15) is 4.79 Å². The first-order valence-electron chi connectivity index (χ1n) is 6.55. The Morgan fingerprint density at radius 3 is 2.53 bits per heavy atom. The zero-order chi connectivity index (χ0) is 14.1. The molecule has 0 aliphatic carbocycles. The number of carbonyl (C=O) groups is 1. The molecule has 1 aromatic rings. The van der Waals surface area contributed by atoms with E-state index in [4.69, 9.17) is 10.00 Å². The number of nitriles is 1.